The molecule has 2 rings (SSSR count). The van der Waals surface area contributed by atoms with Gasteiger partial charge in [-0.05, 0) is 31.7 Å². The zero-order chi connectivity index (χ0) is 13.7. The molecule has 1 aliphatic carbocycles. The number of nitrogens with one attached hydrogen (secondary N) is 1. The van der Waals surface area contributed by atoms with Crippen LogP contribution in [0.5, 0.6) is 0 Å². The second-order valence-electron chi connectivity index (χ2n) is 5.71. The molecule has 1 aliphatic rings. The minimum Gasteiger partial charge on any atom is -0.354 e. The van der Waals surface area contributed by atoms with Gasteiger partial charge >= 0.3 is 0 Å². The summed E-state index contributed by atoms with van der Waals surface area (Å²) in [5.41, 5.74) is 8.09. The largest absolute Gasteiger partial charge is 0.354 e. The Morgan fingerprint density at radius 1 is 1.32 bits per heavy atom. The molecule has 1 aromatic carbocycles. The van der Waals surface area contributed by atoms with Gasteiger partial charge in [0.05, 0.1) is 5.54 Å². The summed E-state index contributed by atoms with van der Waals surface area (Å²) in [7, 11) is 0. The van der Waals surface area contributed by atoms with Gasteiger partial charge in [-0.25, -0.2) is 0 Å². The molecule has 0 atom stereocenters. The number of carbonyl (C=O) groups excluding carboxylic acids is 1. The molecule has 0 aromatic heterocycles. The van der Waals surface area contributed by atoms with Crippen LogP contribution in [0.2, 0.25) is 0 Å². The lowest BCUT2D eigenvalue weighted by molar-refractivity contribution is -0.127. The molecule has 3 N–H and O–H groups in total. The lowest BCUT2D eigenvalue weighted by Crippen LogP contribution is -2.55. The highest BCUT2D eigenvalue weighted by atomic mass is 16.2. The smallest absolute Gasteiger partial charge is 0.240 e. The fourth-order valence-electron chi connectivity index (χ4n) is 2.77. The van der Waals surface area contributed by atoms with Crippen molar-refractivity contribution in [2.24, 2.45) is 5.73 Å². The van der Waals surface area contributed by atoms with E-state index in [1.807, 2.05) is 0 Å². The number of nitrogens with two attached hydrogens (primary N) is 1. The number of hydrogen-bond acceptors (Lipinski definition) is 2. The molecule has 104 valence electrons. The number of aryl methyl sites for hydroxylation is 1. The first-order valence-corrected chi connectivity index (χ1v) is 7.23. The molecule has 0 radical (unpaired) electrons. The van der Waals surface area contributed by atoms with Gasteiger partial charge in [0, 0.05) is 6.54 Å². The van der Waals surface area contributed by atoms with E-state index in [9.17, 15) is 4.79 Å². The van der Waals surface area contributed by atoms with Crippen LogP contribution in [0, 0.1) is 6.92 Å². The molecule has 0 saturated heterocycles. The summed E-state index contributed by atoms with van der Waals surface area (Å²) in [5, 5.41) is 3.00. The summed E-state index contributed by atoms with van der Waals surface area (Å²) in [5.74, 6) is 0.0276. The van der Waals surface area contributed by atoms with Crippen LogP contribution < -0.4 is 11.1 Å². The van der Waals surface area contributed by atoms with Gasteiger partial charge < -0.3 is 11.1 Å². The summed E-state index contributed by atoms with van der Waals surface area (Å²) in [6.45, 7) is 2.75. The van der Waals surface area contributed by atoms with Crippen LogP contribution in [-0.4, -0.2) is 18.0 Å². The molecule has 1 saturated carbocycles. The standard InChI is InChI=1S/C16H24N2O/c1-13-6-5-7-14(12-13)8-11-18-15(19)16(17)9-3-2-4-10-16/h5-7,12H,2-4,8-11,17H2,1H3,(H,18,19). The van der Waals surface area contributed by atoms with E-state index >= 15 is 0 Å². The lowest BCUT2D eigenvalue weighted by atomic mass is 9.82. The first-order chi connectivity index (χ1) is 9.10. The van der Waals surface area contributed by atoms with E-state index in [0.717, 1.165) is 32.1 Å². The van der Waals surface area contributed by atoms with Gasteiger partial charge in [0.2, 0.25) is 5.91 Å². The molecule has 19 heavy (non-hydrogen) atoms. The Morgan fingerprint density at radius 2 is 2.05 bits per heavy atom. The van der Waals surface area contributed by atoms with Crippen molar-refractivity contribution in [2.75, 3.05) is 6.54 Å². The van der Waals surface area contributed by atoms with E-state index in [4.69, 9.17) is 5.73 Å². The topological polar surface area (TPSA) is 55.1 Å². The number of amides is 1. The van der Waals surface area contributed by atoms with Crippen LogP contribution >= 0.6 is 0 Å². The third-order valence-electron chi connectivity index (χ3n) is 3.98. The summed E-state index contributed by atoms with van der Waals surface area (Å²) in [4.78, 5) is 12.1. The van der Waals surface area contributed by atoms with E-state index in [1.54, 1.807) is 0 Å². The maximum atomic E-state index is 12.1. The maximum absolute atomic E-state index is 12.1. The summed E-state index contributed by atoms with van der Waals surface area (Å²) in [6, 6.07) is 8.39. The minimum absolute atomic E-state index is 0.0276. The maximum Gasteiger partial charge on any atom is 0.240 e. The fraction of sp³-hybridized carbons (Fsp3) is 0.562. The van der Waals surface area contributed by atoms with Crippen molar-refractivity contribution in [1.82, 2.24) is 5.32 Å². The second kappa shape index (κ2) is 6.20. The molecule has 3 heteroatoms. The van der Waals surface area contributed by atoms with Crippen molar-refractivity contribution >= 4 is 5.91 Å². The van der Waals surface area contributed by atoms with Crippen LogP contribution in [0.25, 0.3) is 0 Å². The predicted octanol–water partition coefficient (Wildman–Crippen LogP) is 2.32. The third kappa shape index (κ3) is 3.80. The van der Waals surface area contributed by atoms with Gasteiger partial charge in [0.25, 0.3) is 0 Å². The van der Waals surface area contributed by atoms with Gasteiger partial charge in [0.15, 0.2) is 0 Å². The number of rotatable bonds is 4. The Kier molecular flexibility index (Phi) is 4.59. The van der Waals surface area contributed by atoms with Gasteiger partial charge in [-0.1, -0.05) is 49.1 Å². The molecule has 0 aliphatic heterocycles. The van der Waals surface area contributed by atoms with Gasteiger partial charge in [0.1, 0.15) is 0 Å². The average molecular weight is 260 g/mol. The van der Waals surface area contributed by atoms with Crippen LogP contribution in [-0.2, 0) is 11.2 Å². The normalized spacial score (nSPS) is 18.0. The third-order valence-corrected chi connectivity index (χ3v) is 3.98. The highest BCUT2D eigenvalue weighted by Crippen LogP contribution is 2.25. The highest BCUT2D eigenvalue weighted by molar-refractivity contribution is 5.86. The van der Waals surface area contributed by atoms with E-state index in [0.29, 0.717) is 6.54 Å². The molecular weight excluding hydrogens is 236 g/mol. The first-order valence-electron chi connectivity index (χ1n) is 7.23. The summed E-state index contributed by atoms with van der Waals surface area (Å²) < 4.78 is 0. The second-order valence-corrected chi connectivity index (χ2v) is 5.71. The van der Waals surface area contributed by atoms with Crippen LogP contribution in [0.3, 0.4) is 0 Å². The molecule has 1 amide bonds. The van der Waals surface area contributed by atoms with Gasteiger partial charge in [-0.3, -0.25) is 4.79 Å². The molecule has 0 spiro atoms. The zero-order valence-corrected chi connectivity index (χ0v) is 11.7. The average Bonchev–Trinajstić information content (AvgIpc) is 2.39. The molecule has 0 unspecified atom stereocenters. The first kappa shape index (κ1) is 14.1. The Labute approximate surface area is 115 Å². The molecular formula is C16H24N2O. The predicted molar refractivity (Wildman–Crippen MR) is 77.9 cm³/mol. The highest BCUT2D eigenvalue weighted by Gasteiger charge is 2.34. The van der Waals surface area contributed by atoms with Crippen LogP contribution in [0.15, 0.2) is 24.3 Å². The molecule has 1 fully saturated rings. The lowest BCUT2D eigenvalue weighted by Gasteiger charge is -2.31. The number of hydrogen-bond donors (Lipinski definition) is 2. The quantitative estimate of drug-likeness (QED) is 0.873. The molecule has 0 bridgehead atoms. The fourth-order valence-corrected chi connectivity index (χ4v) is 2.77. The van der Waals surface area contributed by atoms with Crippen molar-refractivity contribution in [2.45, 2.75) is 51.0 Å². The van der Waals surface area contributed by atoms with Crippen molar-refractivity contribution in [3.63, 3.8) is 0 Å². The van der Waals surface area contributed by atoms with E-state index in [2.05, 4.69) is 36.5 Å². The monoisotopic (exact) mass is 260 g/mol. The Hall–Kier alpha value is -1.35. The SMILES string of the molecule is Cc1cccc(CCNC(=O)C2(N)CCCCC2)c1. The van der Waals surface area contributed by atoms with Crippen LogP contribution in [0.1, 0.15) is 43.2 Å². The molecule has 3 nitrogen and oxygen atoms in total. The summed E-state index contributed by atoms with van der Waals surface area (Å²) >= 11 is 0. The van der Waals surface area contributed by atoms with Crippen molar-refractivity contribution < 1.29 is 4.79 Å². The van der Waals surface area contributed by atoms with Crippen molar-refractivity contribution in [1.29, 1.82) is 0 Å². The number of benzene rings is 1. The van der Waals surface area contributed by atoms with E-state index in [1.165, 1.54) is 17.5 Å². The summed E-state index contributed by atoms with van der Waals surface area (Å²) in [6.07, 6.45) is 5.86. The van der Waals surface area contributed by atoms with Gasteiger partial charge in [-0.2, -0.15) is 0 Å². The molecule has 1 aromatic rings. The zero-order valence-electron chi connectivity index (χ0n) is 11.7. The van der Waals surface area contributed by atoms with E-state index in [-0.39, 0.29) is 5.91 Å². The Balaban J connectivity index is 1.80. The van der Waals surface area contributed by atoms with Crippen LogP contribution in [0.4, 0.5) is 0 Å². The van der Waals surface area contributed by atoms with E-state index < -0.39 is 5.54 Å². The van der Waals surface area contributed by atoms with Crippen molar-refractivity contribution in [3.8, 4) is 0 Å². The Morgan fingerprint density at radius 3 is 2.74 bits per heavy atom. The van der Waals surface area contributed by atoms with Crippen molar-refractivity contribution in [3.05, 3.63) is 35.4 Å². The number of carbonyl (C=O) groups is 1. The Bertz CT molecular complexity index is 436. The molecule has 0 heterocycles. The minimum atomic E-state index is -0.620. The van der Waals surface area contributed by atoms with Gasteiger partial charge in [-0.15, -0.1) is 0 Å².